The van der Waals surface area contributed by atoms with E-state index in [0.717, 1.165) is 12.3 Å². The SMILES string of the molecule is C1=CC[C@@H](Nc2nnc(C3CC3)o2)CCC1. The summed E-state index contributed by atoms with van der Waals surface area (Å²) in [5.74, 6) is 1.35. The summed E-state index contributed by atoms with van der Waals surface area (Å²) in [6.07, 6.45) is 11.6. The fraction of sp³-hybridized carbons (Fsp3) is 0.667. The fourth-order valence-electron chi connectivity index (χ4n) is 2.07. The van der Waals surface area contributed by atoms with Crippen LogP contribution in [0.5, 0.6) is 0 Å². The van der Waals surface area contributed by atoms with Gasteiger partial charge in [0.1, 0.15) is 0 Å². The van der Waals surface area contributed by atoms with Crippen LogP contribution in [0.2, 0.25) is 0 Å². The van der Waals surface area contributed by atoms with Gasteiger partial charge < -0.3 is 9.73 Å². The molecule has 16 heavy (non-hydrogen) atoms. The van der Waals surface area contributed by atoms with Crippen molar-refractivity contribution in [2.24, 2.45) is 0 Å². The predicted octanol–water partition coefficient (Wildman–Crippen LogP) is 2.86. The number of allylic oxidation sites excluding steroid dienone is 1. The second-order valence-corrected chi connectivity index (χ2v) is 4.70. The molecule has 1 atom stereocenters. The average Bonchev–Trinajstić information content (AvgIpc) is 3.07. The van der Waals surface area contributed by atoms with Crippen LogP contribution in [0.3, 0.4) is 0 Å². The van der Waals surface area contributed by atoms with Crippen molar-refractivity contribution in [3.8, 4) is 0 Å². The normalized spacial score (nSPS) is 25.4. The number of hydrogen-bond donors (Lipinski definition) is 1. The lowest BCUT2D eigenvalue weighted by molar-refractivity contribution is 0.495. The molecular weight excluding hydrogens is 202 g/mol. The van der Waals surface area contributed by atoms with Crippen LogP contribution in [0, 0.1) is 0 Å². The molecule has 0 unspecified atom stereocenters. The molecule has 4 heteroatoms. The summed E-state index contributed by atoms with van der Waals surface area (Å²) >= 11 is 0. The zero-order valence-electron chi connectivity index (χ0n) is 9.35. The Morgan fingerprint density at radius 3 is 3.00 bits per heavy atom. The summed E-state index contributed by atoms with van der Waals surface area (Å²) in [5.41, 5.74) is 0. The van der Waals surface area contributed by atoms with E-state index in [4.69, 9.17) is 4.42 Å². The zero-order chi connectivity index (χ0) is 10.8. The van der Waals surface area contributed by atoms with E-state index in [1.807, 2.05) is 0 Å². The molecule has 0 aliphatic heterocycles. The Morgan fingerprint density at radius 2 is 2.12 bits per heavy atom. The molecule has 2 aliphatic carbocycles. The lowest BCUT2D eigenvalue weighted by atomic mass is 10.1. The summed E-state index contributed by atoms with van der Waals surface area (Å²) in [5, 5.41) is 11.5. The maximum atomic E-state index is 5.59. The molecule has 0 aromatic carbocycles. The Kier molecular flexibility index (Phi) is 2.64. The summed E-state index contributed by atoms with van der Waals surface area (Å²) in [7, 11) is 0. The van der Waals surface area contributed by atoms with E-state index in [1.165, 1.54) is 32.1 Å². The van der Waals surface area contributed by atoms with E-state index < -0.39 is 0 Å². The maximum absolute atomic E-state index is 5.59. The van der Waals surface area contributed by atoms with Crippen LogP contribution in [0.4, 0.5) is 6.01 Å². The largest absolute Gasteiger partial charge is 0.408 e. The monoisotopic (exact) mass is 219 g/mol. The average molecular weight is 219 g/mol. The Bertz CT molecular complexity index is 381. The molecule has 1 aromatic heterocycles. The highest BCUT2D eigenvalue weighted by Gasteiger charge is 2.29. The topological polar surface area (TPSA) is 51.0 Å². The van der Waals surface area contributed by atoms with Gasteiger partial charge in [0.05, 0.1) is 0 Å². The molecule has 0 amide bonds. The Balaban J connectivity index is 1.61. The highest BCUT2D eigenvalue weighted by atomic mass is 16.4. The van der Waals surface area contributed by atoms with E-state index in [0.29, 0.717) is 18.0 Å². The number of rotatable bonds is 3. The predicted molar refractivity (Wildman–Crippen MR) is 61.3 cm³/mol. The van der Waals surface area contributed by atoms with Gasteiger partial charge in [-0.05, 0) is 38.5 Å². The third-order valence-electron chi connectivity index (χ3n) is 3.21. The summed E-state index contributed by atoms with van der Waals surface area (Å²) in [4.78, 5) is 0. The summed E-state index contributed by atoms with van der Waals surface area (Å²) < 4.78 is 5.59. The summed E-state index contributed by atoms with van der Waals surface area (Å²) in [6.45, 7) is 0. The smallest absolute Gasteiger partial charge is 0.315 e. The van der Waals surface area contributed by atoms with Crippen LogP contribution in [0.15, 0.2) is 16.6 Å². The minimum atomic E-state index is 0.450. The molecule has 3 rings (SSSR count). The molecule has 1 heterocycles. The van der Waals surface area contributed by atoms with Crippen molar-refractivity contribution >= 4 is 6.01 Å². The van der Waals surface area contributed by atoms with Gasteiger partial charge in [-0.1, -0.05) is 17.3 Å². The minimum absolute atomic E-state index is 0.450. The van der Waals surface area contributed by atoms with Crippen LogP contribution >= 0.6 is 0 Å². The molecule has 0 spiro atoms. The molecule has 1 N–H and O–H groups in total. The van der Waals surface area contributed by atoms with Gasteiger partial charge in [-0.2, -0.15) is 0 Å². The third-order valence-corrected chi connectivity index (χ3v) is 3.21. The molecule has 0 radical (unpaired) electrons. The van der Waals surface area contributed by atoms with Crippen molar-refractivity contribution in [3.63, 3.8) is 0 Å². The first-order valence-corrected chi connectivity index (χ1v) is 6.17. The second kappa shape index (κ2) is 4.28. The molecular formula is C12H17N3O. The van der Waals surface area contributed by atoms with Crippen LogP contribution in [-0.4, -0.2) is 16.2 Å². The number of nitrogens with one attached hydrogen (secondary N) is 1. The Hall–Kier alpha value is -1.32. The minimum Gasteiger partial charge on any atom is -0.408 e. The van der Waals surface area contributed by atoms with Crippen molar-refractivity contribution in [2.45, 2.75) is 50.5 Å². The first kappa shape index (κ1) is 9.87. The van der Waals surface area contributed by atoms with Crippen LogP contribution in [-0.2, 0) is 0 Å². The van der Waals surface area contributed by atoms with E-state index in [9.17, 15) is 0 Å². The Morgan fingerprint density at radius 1 is 1.19 bits per heavy atom. The second-order valence-electron chi connectivity index (χ2n) is 4.70. The number of aromatic nitrogens is 2. The molecule has 1 fully saturated rings. The highest BCUT2D eigenvalue weighted by Crippen LogP contribution is 2.39. The zero-order valence-corrected chi connectivity index (χ0v) is 9.35. The number of nitrogens with zero attached hydrogens (tertiary/aromatic N) is 2. The molecule has 1 saturated carbocycles. The standard InChI is InChI=1S/C12H17N3O/c1-2-4-6-10(5-3-1)13-12-15-14-11(16-12)9-7-8-9/h1,3,9-10H,2,4-8H2,(H,13,15)/t10-/m1/s1. The van der Waals surface area contributed by atoms with Crippen LogP contribution in [0.25, 0.3) is 0 Å². The summed E-state index contributed by atoms with van der Waals surface area (Å²) in [6, 6.07) is 1.05. The van der Waals surface area contributed by atoms with Gasteiger partial charge in [0.15, 0.2) is 0 Å². The number of hydrogen-bond acceptors (Lipinski definition) is 4. The van der Waals surface area contributed by atoms with Gasteiger partial charge >= 0.3 is 6.01 Å². The molecule has 2 aliphatic rings. The van der Waals surface area contributed by atoms with Gasteiger partial charge in [-0.3, -0.25) is 0 Å². The maximum Gasteiger partial charge on any atom is 0.315 e. The van der Waals surface area contributed by atoms with Gasteiger partial charge in [0, 0.05) is 12.0 Å². The van der Waals surface area contributed by atoms with Gasteiger partial charge in [0.2, 0.25) is 5.89 Å². The van der Waals surface area contributed by atoms with Gasteiger partial charge in [-0.15, -0.1) is 5.10 Å². The molecule has 1 aromatic rings. The van der Waals surface area contributed by atoms with Crippen molar-refractivity contribution in [2.75, 3.05) is 5.32 Å². The van der Waals surface area contributed by atoms with E-state index in [2.05, 4.69) is 27.7 Å². The number of anilines is 1. The van der Waals surface area contributed by atoms with Crippen molar-refractivity contribution in [1.29, 1.82) is 0 Å². The van der Waals surface area contributed by atoms with E-state index >= 15 is 0 Å². The van der Waals surface area contributed by atoms with E-state index in [-0.39, 0.29) is 0 Å². The van der Waals surface area contributed by atoms with Crippen LogP contribution < -0.4 is 5.32 Å². The first-order chi connectivity index (χ1) is 7.92. The molecule has 4 nitrogen and oxygen atoms in total. The lowest BCUT2D eigenvalue weighted by Crippen LogP contribution is -2.18. The third kappa shape index (κ3) is 2.26. The lowest BCUT2D eigenvalue weighted by Gasteiger charge is -2.12. The van der Waals surface area contributed by atoms with E-state index in [1.54, 1.807) is 0 Å². The quantitative estimate of drug-likeness (QED) is 0.794. The fourth-order valence-corrected chi connectivity index (χ4v) is 2.07. The van der Waals surface area contributed by atoms with Gasteiger partial charge in [0.25, 0.3) is 0 Å². The first-order valence-electron chi connectivity index (χ1n) is 6.17. The molecule has 0 bridgehead atoms. The molecule has 0 saturated heterocycles. The highest BCUT2D eigenvalue weighted by molar-refractivity contribution is 5.21. The molecule has 86 valence electrons. The van der Waals surface area contributed by atoms with Crippen LogP contribution in [0.1, 0.15) is 50.3 Å². The Labute approximate surface area is 95.1 Å². The van der Waals surface area contributed by atoms with Crippen molar-refractivity contribution in [3.05, 3.63) is 18.0 Å². The van der Waals surface area contributed by atoms with Crippen molar-refractivity contribution < 1.29 is 4.42 Å². The van der Waals surface area contributed by atoms with Gasteiger partial charge in [-0.25, -0.2) is 0 Å². The van der Waals surface area contributed by atoms with Crippen molar-refractivity contribution in [1.82, 2.24) is 10.2 Å².